The number of aromatic nitrogens is 1. The van der Waals surface area contributed by atoms with Gasteiger partial charge in [0.05, 0.1) is 25.5 Å². The van der Waals surface area contributed by atoms with E-state index < -0.39 is 0 Å². The fourth-order valence-electron chi connectivity index (χ4n) is 1.85. The first kappa shape index (κ1) is 15.5. The molecular formula is C16H17N3O3. The summed E-state index contributed by atoms with van der Waals surface area (Å²) in [6, 6.07) is 8.74. The predicted molar refractivity (Wildman–Crippen MR) is 83.5 cm³/mol. The summed E-state index contributed by atoms with van der Waals surface area (Å²) in [5, 5.41) is 4.11. The third kappa shape index (κ3) is 3.60. The average Bonchev–Trinajstić information content (AvgIpc) is 2.59. The van der Waals surface area contributed by atoms with Gasteiger partial charge in [-0.05, 0) is 37.3 Å². The van der Waals surface area contributed by atoms with Gasteiger partial charge in [0.1, 0.15) is 11.5 Å². The summed E-state index contributed by atoms with van der Waals surface area (Å²) < 4.78 is 10.5. The average molecular weight is 299 g/mol. The molecule has 2 aromatic rings. The summed E-state index contributed by atoms with van der Waals surface area (Å²) in [6.45, 7) is 1.78. The molecule has 0 atom stereocenters. The van der Waals surface area contributed by atoms with Gasteiger partial charge in [0, 0.05) is 18.0 Å². The quantitative estimate of drug-likeness (QED) is 0.679. The molecule has 114 valence electrons. The molecule has 1 heterocycles. The zero-order valence-corrected chi connectivity index (χ0v) is 12.7. The monoisotopic (exact) mass is 299 g/mol. The van der Waals surface area contributed by atoms with Gasteiger partial charge < -0.3 is 9.47 Å². The molecule has 22 heavy (non-hydrogen) atoms. The molecule has 0 saturated heterocycles. The highest BCUT2D eigenvalue weighted by molar-refractivity contribution is 6.03. The molecule has 0 aliphatic rings. The van der Waals surface area contributed by atoms with Crippen LogP contribution in [-0.2, 0) is 0 Å². The van der Waals surface area contributed by atoms with E-state index in [1.165, 1.54) is 6.20 Å². The van der Waals surface area contributed by atoms with Gasteiger partial charge in [0.25, 0.3) is 5.91 Å². The van der Waals surface area contributed by atoms with Crippen molar-refractivity contribution in [3.05, 3.63) is 53.9 Å². The van der Waals surface area contributed by atoms with E-state index in [0.29, 0.717) is 22.8 Å². The molecule has 0 aliphatic carbocycles. The van der Waals surface area contributed by atoms with Gasteiger partial charge in [-0.2, -0.15) is 5.10 Å². The number of carbonyl (C=O) groups is 1. The Morgan fingerprint density at radius 3 is 2.68 bits per heavy atom. The molecule has 1 N–H and O–H groups in total. The van der Waals surface area contributed by atoms with Crippen LogP contribution in [0.3, 0.4) is 0 Å². The summed E-state index contributed by atoms with van der Waals surface area (Å²) in [4.78, 5) is 15.8. The van der Waals surface area contributed by atoms with Gasteiger partial charge in [-0.3, -0.25) is 9.78 Å². The number of ether oxygens (including phenoxy) is 2. The second-order valence-corrected chi connectivity index (χ2v) is 4.45. The lowest BCUT2D eigenvalue weighted by atomic mass is 10.1. The Kier molecular flexibility index (Phi) is 5.08. The van der Waals surface area contributed by atoms with Gasteiger partial charge in [0.2, 0.25) is 0 Å². The molecule has 0 aliphatic heterocycles. The number of hydrogen-bond acceptors (Lipinski definition) is 5. The number of methoxy groups -OCH3 is 2. The number of nitrogens with one attached hydrogen (secondary N) is 1. The normalized spacial score (nSPS) is 11.0. The predicted octanol–water partition coefficient (Wildman–Crippen LogP) is 2.25. The first-order valence-electron chi connectivity index (χ1n) is 6.62. The maximum atomic E-state index is 11.9. The van der Waals surface area contributed by atoms with E-state index in [4.69, 9.17) is 9.47 Å². The Morgan fingerprint density at radius 1 is 1.23 bits per heavy atom. The van der Waals surface area contributed by atoms with Crippen molar-refractivity contribution in [2.24, 2.45) is 5.10 Å². The SMILES string of the molecule is COc1ccc(OC)c(/C(C)=N\NC(=O)c2cccnc2)c1. The van der Waals surface area contributed by atoms with Gasteiger partial charge >= 0.3 is 0 Å². The molecule has 1 amide bonds. The summed E-state index contributed by atoms with van der Waals surface area (Å²) in [7, 11) is 3.16. The minimum absolute atomic E-state index is 0.325. The smallest absolute Gasteiger partial charge is 0.272 e. The molecule has 0 fully saturated rings. The minimum atomic E-state index is -0.325. The van der Waals surface area contributed by atoms with Gasteiger partial charge in [0.15, 0.2) is 0 Å². The lowest BCUT2D eigenvalue weighted by Crippen LogP contribution is -2.19. The van der Waals surface area contributed by atoms with E-state index in [1.54, 1.807) is 57.7 Å². The number of pyridine rings is 1. The summed E-state index contributed by atoms with van der Waals surface area (Å²) in [6.07, 6.45) is 3.08. The Bertz CT molecular complexity index is 684. The molecule has 2 rings (SSSR count). The zero-order chi connectivity index (χ0) is 15.9. The van der Waals surface area contributed by atoms with E-state index in [9.17, 15) is 4.79 Å². The van der Waals surface area contributed by atoms with Gasteiger partial charge in [-0.1, -0.05) is 0 Å². The Morgan fingerprint density at radius 2 is 2.05 bits per heavy atom. The summed E-state index contributed by atoms with van der Waals surface area (Å²) in [5.74, 6) is 1.01. The van der Waals surface area contributed by atoms with E-state index in [1.807, 2.05) is 0 Å². The molecule has 6 nitrogen and oxygen atoms in total. The van der Waals surface area contributed by atoms with Gasteiger partial charge in [-0.15, -0.1) is 0 Å². The van der Waals surface area contributed by atoms with Crippen molar-refractivity contribution in [2.45, 2.75) is 6.92 Å². The lowest BCUT2D eigenvalue weighted by Gasteiger charge is -2.10. The molecule has 6 heteroatoms. The van der Waals surface area contributed by atoms with Crippen molar-refractivity contribution in [3.8, 4) is 11.5 Å². The summed E-state index contributed by atoms with van der Waals surface area (Å²) >= 11 is 0. The Balaban J connectivity index is 2.20. The fourth-order valence-corrected chi connectivity index (χ4v) is 1.85. The third-order valence-corrected chi connectivity index (χ3v) is 3.05. The van der Waals surface area contributed by atoms with Crippen LogP contribution in [0, 0.1) is 0 Å². The second-order valence-electron chi connectivity index (χ2n) is 4.45. The second kappa shape index (κ2) is 7.21. The molecule has 0 bridgehead atoms. The number of hydrogen-bond donors (Lipinski definition) is 1. The van der Waals surface area contributed by atoms with Gasteiger partial charge in [-0.25, -0.2) is 5.43 Å². The van der Waals surface area contributed by atoms with Crippen LogP contribution in [-0.4, -0.2) is 30.8 Å². The number of rotatable bonds is 5. The molecule has 0 saturated carbocycles. The van der Waals surface area contributed by atoms with Crippen molar-refractivity contribution in [1.82, 2.24) is 10.4 Å². The van der Waals surface area contributed by atoms with Crippen LogP contribution in [0.4, 0.5) is 0 Å². The largest absolute Gasteiger partial charge is 0.497 e. The third-order valence-electron chi connectivity index (χ3n) is 3.05. The van der Waals surface area contributed by atoms with Crippen LogP contribution in [0.1, 0.15) is 22.8 Å². The van der Waals surface area contributed by atoms with Crippen LogP contribution in [0.15, 0.2) is 47.8 Å². The van der Waals surface area contributed by atoms with E-state index in [-0.39, 0.29) is 5.91 Å². The first-order valence-corrected chi connectivity index (χ1v) is 6.62. The highest BCUT2D eigenvalue weighted by Crippen LogP contribution is 2.24. The molecule has 0 unspecified atom stereocenters. The Labute approximate surface area is 128 Å². The maximum Gasteiger partial charge on any atom is 0.272 e. The lowest BCUT2D eigenvalue weighted by molar-refractivity contribution is 0.0954. The fraction of sp³-hybridized carbons (Fsp3) is 0.188. The Hall–Kier alpha value is -2.89. The topological polar surface area (TPSA) is 72.8 Å². The van der Waals surface area contributed by atoms with Crippen molar-refractivity contribution in [2.75, 3.05) is 14.2 Å². The van der Waals surface area contributed by atoms with Crippen LogP contribution < -0.4 is 14.9 Å². The van der Waals surface area contributed by atoms with E-state index in [2.05, 4.69) is 15.5 Å². The van der Waals surface area contributed by atoms with Crippen LogP contribution in [0.2, 0.25) is 0 Å². The van der Waals surface area contributed by atoms with E-state index >= 15 is 0 Å². The number of benzene rings is 1. The van der Waals surface area contributed by atoms with E-state index in [0.717, 1.165) is 5.56 Å². The van der Waals surface area contributed by atoms with Crippen LogP contribution in [0.25, 0.3) is 0 Å². The number of carbonyl (C=O) groups excluding carboxylic acids is 1. The van der Waals surface area contributed by atoms with Crippen molar-refractivity contribution in [1.29, 1.82) is 0 Å². The highest BCUT2D eigenvalue weighted by Gasteiger charge is 2.09. The van der Waals surface area contributed by atoms with Crippen LogP contribution in [0.5, 0.6) is 11.5 Å². The highest BCUT2D eigenvalue weighted by atomic mass is 16.5. The molecule has 1 aromatic carbocycles. The number of nitrogens with zero attached hydrogens (tertiary/aromatic N) is 2. The van der Waals surface area contributed by atoms with Crippen molar-refractivity contribution >= 4 is 11.6 Å². The number of amides is 1. The van der Waals surface area contributed by atoms with Crippen molar-refractivity contribution in [3.63, 3.8) is 0 Å². The first-order chi connectivity index (χ1) is 10.7. The molecule has 0 spiro atoms. The summed E-state index contributed by atoms with van der Waals surface area (Å²) in [5.41, 5.74) is 4.29. The van der Waals surface area contributed by atoms with Crippen LogP contribution >= 0.6 is 0 Å². The minimum Gasteiger partial charge on any atom is -0.497 e. The van der Waals surface area contributed by atoms with Crippen molar-refractivity contribution < 1.29 is 14.3 Å². The molecule has 0 radical (unpaired) electrons. The number of hydrazone groups is 1. The molecule has 1 aromatic heterocycles. The zero-order valence-electron chi connectivity index (χ0n) is 12.7. The maximum absolute atomic E-state index is 11.9. The standard InChI is InChI=1S/C16H17N3O3/c1-11(14-9-13(21-2)6-7-15(14)22-3)18-19-16(20)12-5-4-8-17-10-12/h4-10H,1-3H3,(H,19,20)/b18-11-. The molecular weight excluding hydrogens is 282 g/mol.